The lowest BCUT2D eigenvalue weighted by Gasteiger charge is -2.07. The normalized spacial score (nSPS) is 11.1. The summed E-state index contributed by atoms with van der Waals surface area (Å²) in [6, 6.07) is 4.70. The molecule has 2 N–H and O–H groups in total. The molecule has 0 bridgehead atoms. The number of thiazole rings is 1. The highest BCUT2D eigenvalue weighted by Crippen LogP contribution is 2.21. The largest absolute Gasteiger partial charge is 0.487 e. The maximum Gasteiger partial charge on any atom is 0.131 e. The Hall–Kier alpha value is -1.46. The van der Waals surface area contributed by atoms with Crippen LogP contribution in [-0.4, -0.2) is 11.5 Å². The predicted molar refractivity (Wildman–Crippen MR) is 79.7 cm³/mol. The third-order valence-corrected chi connectivity index (χ3v) is 4.01. The molecule has 0 saturated carbocycles. The van der Waals surface area contributed by atoms with E-state index in [1.165, 1.54) is 12.1 Å². The molecule has 0 aliphatic carbocycles. The van der Waals surface area contributed by atoms with E-state index in [0.717, 1.165) is 16.3 Å². The van der Waals surface area contributed by atoms with Crippen molar-refractivity contribution in [2.24, 2.45) is 5.73 Å². The second-order valence-corrected chi connectivity index (χ2v) is 5.84. The molecule has 0 saturated heterocycles. The van der Waals surface area contributed by atoms with Crippen LogP contribution in [0.5, 0.6) is 5.75 Å². The summed E-state index contributed by atoms with van der Waals surface area (Å²) in [5.41, 5.74) is 7.21. The smallest absolute Gasteiger partial charge is 0.131 e. The van der Waals surface area contributed by atoms with E-state index in [1.54, 1.807) is 11.3 Å². The molecular weight excluding hydrogens is 275 g/mol. The van der Waals surface area contributed by atoms with Crippen LogP contribution in [-0.2, 0) is 13.0 Å². The minimum absolute atomic E-state index is 0.299. The zero-order valence-electron chi connectivity index (χ0n) is 11.7. The molecule has 1 aromatic carbocycles. The molecule has 2 rings (SSSR count). The average molecular weight is 294 g/mol. The van der Waals surface area contributed by atoms with Crippen molar-refractivity contribution < 1.29 is 9.13 Å². The van der Waals surface area contributed by atoms with E-state index >= 15 is 0 Å². The third kappa shape index (κ3) is 4.02. The molecule has 0 unspecified atom stereocenters. The van der Waals surface area contributed by atoms with Crippen LogP contribution in [0.1, 0.15) is 36.0 Å². The Balaban J connectivity index is 2.02. The van der Waals surface area contributed by atoms with Gasteiger partial charge < -0.3 is 10.5 Å². The lowest BCUT2D eigenvalue weighted by atomic mass is 10.1. The number of nitrogens with two attached hydrogens (primary N) is 1. The predicted octanol–water partition coefficient (Wildman–Crippen LogP) is 3.49. The van der Waals surface area contributed by atoms with Crippen molar-refractivity contribution in [3.05, 3.63) is 45.7 Å². The lowest BCUT2D eigenvalue weighted by molar-refractivity contribution is 0.300. The molecule has 1 heterocycles. The van der Waals surface area contributed by atoms with Crippen molar-refractivity contribution in [2.45, 2.75) is 32.8 Å². The van der Waals surface area contributed by atoms with E-state index in [4.69, 9.17) is 10.5 Å². The maximum absolute atomic E-state index is 13.5. The summed E-state index contributed by atoms with van der Waals surface area (Å²) in [6.45, 7) is 5.06. The Kier molecular flexibility index (Phi) is 5.09. The van der Waals surface area contributed by atoms with Gasteiger partial charge in [0.2, 0.25) is 0 Å². The summed E-state index contributed by atoms with van der Waals surface area (Å²) in [7, 11) is 0. The Morgan fingerprint density at radius 2 is 2.15 bits per heavy atom. The third-order valence-electron chi connectivity index (χ3n) is 2.81. The van der Waals surface area contributed by atoms with Crippen molar-refractivity contribution in [3.63, 3.8) is 0 Å². The molecule has 0 radical (unpaired) electrons. The highest BCUT2D eigenvalue weighted by molar-refractivity contribution is 7.09. The molecule has 0 spiro atoms. The number of rotatable bonds is 6. The van der Waals surface area contributed by atoms with E-state index in [2.05, 4.69) is 18.8 Å². The van der Waals surface area contributed by atoms with E-state index in [-0.39, 0.29) is 5.82 Å². The fourth-order valence-corrected chi connectivity index (χ4v) is 2.65. The number of halogens is 1. The van der Waals surface area contributed by atoms with E-state index in [1.807, 2.05) is 11.4 Å². The van der Waals surface area contributed by atoms with Gasteiger partial charge in [0, 0.05) is 17.4 Å². The minimum Gasteiger partial charge on any atom is -0.487 e. The molecule has 0 aliphatic rings. The number of hydrogen-bond acceptors (Lipinski definition) is 4. The molecule has 3 nitrogen and oxygen atoms in total. The van der Waals surface area contributed by atoms with Crippen LogP contribution in [0.15, 0.2) is 23.6 Å². The monoisotopic (exact) mass is 294 g/mol. The van der Waals surface area contributed by atoms with Crippen molar-refractivity contribution in [3.8, 4) is 5.75 Å². The van der Waals surface area contributed by atoms with Gasteiger partial charge in [0.15, 0.2) is 0 Å². The molecule has 2 aromatic rings. The molecule has 0 fully saturated rings. The van der Waals surface area contributed by atoms with Crippen LogP contribution in [0.25, 0.3) is 0 Å². The average Bonchev–Trinajstić information content (AvgIpc) is 2.85. The van der Waals surface area contributed by atoms with Crippen LogP contribution in [0.3, 0.4) is 0 Å². The van der Waals surface area contributed by atoms with Crippen LogP contribution in [0.4, 0.5) is 4.39 Å². The standard InChI is InChI=1S/C15H19FN2OS/c1-10(2)15-18-13(9-20-15)8-19-14-6-11(3-4-17)5-12(16)7-14/h5-7,9-10H,3-4,8,17H2,1-2H3. The fraction of sp³-hybridized carbons (Fsp3) is 0.400. The van der Waals surface area contributed by atoms with Gasteiger partial charge in [0.25, 0.3) is 0 Å². The molecule has 20 heavy (non-hydrogen) atoms. The summed E-state index contributed by atoms with van der Waals surface area (Å²) < 4.78 is 19.1. The van der Waals surface area contributed by atoms with Gasteiger partial charge in [0.1, 0.15) is 18.2 Å². The van der Waals surface area contributed by atoms with Crippen molar-refractivity contribution in [2.75, 3.05) is 6.54 Å². The lowest BCUT2D eigenvalue weighted by Crippen LogP contribution is -2.04. The van der Waals surface area contributed by atoms with Crippen LogP contribution in [0, 0.1) is 5.82 Å². The second kappa shape index (κ2) is 6.81. The van der Waals surface area contributed by atoms with Crippen LogP contribution >= 0.6 is 11.3 Å². The molecule has 0 atom stereocenters. The van der Waals surface area contributed by atoms with Gasteiger partial charge in [-0.3, -0.25) is 0 Å². The highest BCUT2D eigenvalue weighted by atomic mass is 32.1. The number of aromatic nitrogens is 1. The van der Waals surface area contributed by atoms with Gasteiger partial charge in [-0.25, -0.2) is 9.37 Å². The maximum atomic E-state index is 13.5. The van der Waals surface area contributed by atoms with Gasteiger partial charge >= 0.3 is 0 Å². The Morgan fingerprint density at radius 1 is 1.35 bits per heavy atom. The SMILES string of the molecule is CC(C)c1nc(COc2cc(F)cc(CCN)c2)cs1. The van der Waals surface area contributed by atoms with E-state index < -0.39 is 0 Å². The first-order valence-electron chi connectivity index (χ1n) is 6.65. The first-order valence-corrected chi connectivity index (χ1v) is 7.53. The summed E-state index contributed by atoms with van der Waals surface area (Å²) >= 11 is 1.63. The molecule has 0 amide bonds. The first-order chi connectivity index (χ1) is 9.58. The van der Waals surface area contributed by atoms with Crippen molar-refractivity contribution >= 4 is 11.3 Å². The van der Waals surface area contributed by atoms with Gasteiger partial charge in [-0.1, -0.05) is 13.8 Å². The number of ether oxygens (including phenoxy) is 1. The zero-order chi connectivity index (χ0) is 14.5. The minimum atomic E-state index is -0.299. The molecule has 5 heteroatoms. The first kappa shape index (κ1) is 14.9. The Bertz CT molecular complexity index is 569. The van der Waals surface area contributed by atoms with Crippen LogP contribution in [0.2, 0.25) is 0 Å². The highest BCUT2D eigenvalue weighted by Gasteiger charge is 2.07. The number of hydrogen-bond donors (Lipinski definition) is 1. The molecule has 0 aliphatic heterocycles. The Morgan fingerprint density at radius 3 is 2.80 bits per heavy atom. The summed E-state index contributed by atoms with van der Waals surface area (Å²) in [5.74, 6) is 0.638. The molecule has 108 valence electrons. The summed E-state index contributed by atoms with van der Waals surface area (Å²) in [6.07, 6.45) is 0.641. The summed E-state index contributed by atoms with van der Waals surface area (Å²) in [4.78, 5) is 4.49. The van der Waals surface area contributed by atoms with Crippen molar-refractivity contribution in [1.82, 2.24) is 4.98 Å². The molecule has 1 aromatic heterocycles. The van der Waals surface area contributed by atoms with Crippen LogP contribution < -0.4 is 10.5 Å². The van der Waals surface area contributed by atoms with Gasteiger partial charge in [-0.2, -0.15) is 0 Å². The Labute approximate surface area is 122 Å². The number of benzene rings is 1. The zero-order valence-corrected chi connectivity index (χ0v) is 12.5. The molecular formula is C15H19FN2OS. The van der Waals surface area contributed by atoms with Crippen molar-refractivity contribution in [1.29, 1.82) is 0 Å². The van der Waals surface area contributed by atoms with Gasteiger partial charge in [-0.05, 0) is 30.7 Å². The number of nitrogens with zero attached hydrogens (tertiary/aromatic N) is 1. The topological polar surface area (TPSA) is 48.1 Å². The quantitative estimate of drug-likeness (QED) is 0.887. The second-order valence-electron chi connectivity index (χ2n) is 4.95. The summed E-state index contributed by atoms with van der Waals surface area (Å²) in [5, 5.41) is 3.07. The van der Waals surface area contributed by atoms with E-state index in [0.29, 0.717) is 31.2 Å². The van der Waals surface area contributed by atoms with Gasteiger partial charge in [-0.15, -0.1) is 11.3 Å². The van der Waals surface area contributed by atoms with Gasteiger partial charge in [0.05, 0.1) is 10.7 Å². The fourth-order valence-electron chi connectivity index (χ4n) is 1.83. The van der Waals surface area contributed by atoms with E-state index in [9.17, 15) is 4.39 Å².